The fourth-order valence-electron chi connectivity index (χ4n) is 6.94. The number of amides is 1. The molecule has 10 nitrogen and oxygen atoms in total. The number of aromatic amines is 1. The van der Waals surface area contributed by atoms with E-state index in [2.05, 4.69) is 48.5 Å². The number of benzene rings is 4. The molecule has 12 heteroatoms. The van der Waals surface area contributed by atoms with Gasteiger partial charge in [-0.3, -0.25) is 9.89 Å². The predicted octanol–water partition coefficient (Wildman–Crippen LogP) is 6.40. The van der Waals surface area contributed by atoms with Gasteiger partial charge >= 0.3 is 0 Å². The SMILES string of the molecule is Cc1cc(N2CCN(c3ccc(C(=O)Nc4cccc(C#N)c4)cc3)CC2)ccc1OC[C@H]1CO[C@](Cc2ncn[nH]2)(c2ccc(F)cc2F)C1. The van der Waals surface area contributed by atoms with Crippen LogP contribution in [0.1, 0.15) is 39.3 Å². The molecule has 260 valence electrons. The molecule has 2 aliphatic heterocycles. The third-order valence-corrected chi connectivity index (χ3v) is 9.58. The first-order valence-corrected chi connectivity index (χ1v) is 16.9. The van der Waals surface area contributed by atoms with Gasteiger partial charge in [-0.05, 0) is 85.6 Å². The number of nitriles is 1. The number of piperazine rings is 1. The molecule has 2 saturated heterocycles. The van der Waals surface area contributed by atoms with Crippen molar-refractivity contribution in [3.63, 3.8) is 0 Å². The summed E-state index contributed by atoms with van der Waals surface area (Å²) in [4.78, 5) is 21.6. The molecule has 2 fully saturated rings. The number of carbonyl (C=O) groups is 1. The van der Waals surface area contributed by atoms with Crippen LogP contribution in [-0.4, -0.2) is 60.5 Å². The number of aromatic nitrogens is 3. The molecular formula is C39H37F2N7O3. The number of H-pyrrole nitrogens is 1. The van der Waals surface area contributed by atoms with Crippen LogP contribution in [0.3, 0.4) is 0 Å². The first kappa shape index (κ1) is 33.7. The Morgan fingerprint density at radius 3 is 2.49 bits per heavy atom. The zero-order valence-corrected chi connectivity index (χ0v) is 28.1. The molecule has 0 aliphatic carbocycles. The molecule has 0 saturated carbocycles. The number of hydrogen-bond acceptors (Lipinski definition) is 8. The molecule has 51 heavy (non-hydrogen) atoms. The van der Waals surface area contributed by atoms with E-state index in [1.165, 1.54) is 18.5 Å². The van der Waals surface area contributed by atoms with Gasteiger partial charge in [0.05, 0.1) is 24.8 Å². The van der Waals surface area contributed by atoms with Gasteiger partial charge in [0.2, 0.25) is 0 Å². The molecule has 3 heterocycles. The van der Waals surface area contributed by atoms with Crippen LogP contribution in [0.15, 0.2) is 91.3 Å². The summed E-state index contributed by atoms with van der Waals surface area (Å²) >= 11 is 0. The number of halogens is 2. The third kappa shape index (κ3) is 7.54. The Kier molecular flexibility index (Phi) is 9.63. The maximum absolute atomic E-state index is 15.0. The fraction of sp³-hybridized carbons (Fsp3) is 0.282. The molecule has 2 atom stereocenters. The van der Waals surface area contributed by atoms with E-state index < -0.39 is 17.2 Å². The molecule has 1 aromatic heterocycles. The molecular weight excluding hydrogens is 652 g/mol. The number of hydrogen-bond donors (Lipinski definition) is 2. The van der Waals surface area contributed by atoms with Crippen LogP contribution >= 0.6 is 0 Å². The number of aryl methyl sites for hydroxylation is 1. The molecule has 7 rings (SSSR count). The molecule has 5 aromatic rings. The molecule has 0 unspecified atom stereocenters. The van der Waals surface area contributed by atoms with Gasteiger partial charge in [-0.2, -0.15) is 10.4 Å². The Bertz CT molecular complexity index is 2040. The standard InChI is InChI=1S/C39H37F2N7O3/c1-26-17-33(48-15-13-47(14-16-48)32-8-5-29(6-9-32)38(49)45-31-4-2-3-27(18-31)22-42)10-12-36(26)50-23-28-20-39(51-24-28,21-37-43-25-44-46-37)34-11-7-30(40)19-35(34)41/h2-12,17-19,25,28H,13-16,20-21,23-24H2,1H3,(H,45,49)(H,43,44,46)/t28-,39+/m0/s1. The molecule has 1 amide bonds. The van der Waals surface area contributed by atoms with Crippen molar-refractivity contribution in [1.29, 1.82) is 5.26 Å². The minimum Gasteiger partial charge on any atom is -0.493 e. The second-order valence-electron chi connectivity index (χ2n) is 13.0. The van der Waals surface area contributed by atoms with Crippen molar-refractivity contribution in [2.75, 3.05) is 54.5 Å². The van der Waals surface area contributed by atoms with Crippen molar-refractivity contribution in [3.8, 4) is 11.8 Å². The van der Waals surface area contributed by atoms with Crippen molar-refractivity contribution in [2.24, 2.45) is 5.92 Å². The van der Waals surface area contributed by atoms with Gasteiger partial charge in [0, 0.05) is 72.8 Å². The second kappa shape index (κ2) is 14.6. The minimum atomic E-state index is -1.02. The van der Waals surface area contributed by atoms with Gasteiger partial charge in [0.25, 0.3) is 5.91 Å². The maximum atomic E-state index is 15.0. The lowest BCUT2D eigenvalue weighted by molar-refractivity contribution is -0.00524. The number of nitrogens with one attached hydrogen (secondary N) is 2. The van der Waals surface area contributed by atoms with E-state index >= 15 is 4.39 Å². The van der Waals surface area contributed by atoms with Crippen LogP contribution < -0.4 is 19.9 Å². The van der Waals surface area contributed by atoms with Gasteiger partial charge in [0.1, 0.15) is 35.1 Å². The zero-order chi connectivity index (χ0) is 35.4. The van der Waals surface area contributed by atoms with Gasteiger partial charge in [0.15, 0.2) is 0 Å². The maximum Gasteiger partial charge on any atom is 0.255 e. The summed E-state index contributed by atoms with van der Waals surface area (Å²) in [5, 5.41) is 18.7. The number of ether oxygens (including phenoxy) is 2. The van der Waals surface area contributed by atoms with E-state index in [0.717, 1.165) is 54.9 Å². The summed E-state index contributed by atoms with van der Waals surface area (Å²) in [5.41, 5.74) is 4.09. The monoisotopic (exact) mass is 689 g/mol. The van der Waals surface area contributed by atoms with Crippen LogP contribution in [-0.2, 0) is 16.8 Å². The lowest BCUT2D eigenvalue weighted by Gasteiger charge is -2.37. The van der Waals surface area contributed by atoms with E-state index in [4.69, 9.17) is 14.7 Å². The molecule has 2 aliphatic rings. The van der Waals surface area contributed by atoms with E-state index in [-0.39, 0.29) is 18.2 Å². The molecule has 2 N–H and O–H groups in total. The highest BCUT2D eigenvalue weighted by Crippen LogP contribution is 2.43. The first-order chi connectivity index (χ1) is 24.8. The highest BCUT2D eigenvalue weighted by atomic mass is 19.1. The number of anilines is 3. The van der Waals surface area contributed by atoms with E-state index in [1.807, 2.05) is 37.3 Å². The fourth-order valence-corrected chi connectivity index (χ4v) is 6.94. The molecule has 0 radical (unpaired) electrons. The summed E-state index contributed by atoms with van der Waals surface area (Å²) in [5.74, 6) is -0.195. The lowest BCUT2D eigenvalue weighted by Crippen LogP contribution is -2.46. The van der Waals surface area contributed by atoms with E-state index in [9.17, 15) is 9.18 Å². The Morgan fingerprint density at radius 2 is 1.78 bits per heavy atom. The third-order valence-electron chi connectivity index (χ3n) is 9.58. The number of carbonyl (C=O) groups excluding carboxylic acids is 1. The zero-order valence-electron chi connectivity index (χ0n) is 28.1. The summed E-state index contributed by atoms with van der Waals surface area (Å²) in [6.45, 7) is 6.11. The Morgan fingerprint density at radius 1 is 1.02 bits per heavy atom. The molecule has 0 bridgehead atoms. The van der Waals surface area contributed by atoms with Crippen LogP contribution in [0.5, 0.6) is 5.75 Å². The van der Waals surface area contributed by atoms with Gasteiger partial charge in [-0.1, -0.05) is 12.1 Å². The average molecular weight is 690 g/mol. The van der Waals surface area contributed by atoms with Crippen LogP contribution in [0.2, 0.25) is 0 Å². The normalized spacial score (nSPS) is 18.7. The van der Waals surface area contributed by atoms with Gasteiger partial charge < -0.3 is 24.6 Å². The first-order valence-electron chi connectivity index (χ1n) is 16.9. The van der Waals surface area contributed by atoms with Gasteiger partial charge in [-0.25, -0.2) is 13.8 Å². The predicted molar refractivity (Wildman–Crippen MR) is 189 cm³/mol. The highest BCUT2D eigenvalue weighted by molar-refractivity contribution is 6.04. The Labute approximate surface area is 294 Å². The summed E-state index contributed by atoms with van der Waals surface area (Å²) in [6.07, 6.45) is 2.15. The summed E-state index contributed by atoms with van der Waals surface area (Å²) in [6, 6.07) is 26.3. The minimum absolute atomic E-state index is 0.0190. The molecule has 4 aromatic carbocycles. The highest BCUT2D eigenvalue weighted by Gasteiger charge is 2.45. The lowest BCUT2D eigenvalue weighted by atomic mass is 9.84. The summed E-state index contributed by atoms with van der Waals surface area (Å²) < 4.78 is 41.3. The number of rotatable bonds is 10. The quantitative estimate of drug-likeness (QED) is 0.173. The van der Waals surface area contributed by atoms with Crippen LogP contribution in [0.4, 0.5) is 25.8 Å². The molecule has 0 spiro atoms. The topological polar surface area (TPSA) is 119 Å². The summed E-state index contributed by atoms with van der Waals surface area (Å²) in [7, 11) is 0. The van der Waals surface area contributed by atoms with E-state index in [1.54, 1.807) is 24.3 Å². The van der Waals surface area contributed by atoms with Crippen LogP contribution in [0.25, 0.3) is 0 Å². The van der Waals surface area contributed by atoms with E-state index in [0.29, 0.717) is 47.8 Å². The van der Waals surface area contributed by atoms with Gasteiger partial charge in [-0.15, -0.1) is 0 Å². The van der Waals surface area contributed by atoms with Crippen molar-refractivity contribution in [2.45, 2.75) is 25.4 Å². The Balaban J connectivity index is 0.926. The number of nitrogens with zero attached hydrogens (tertiary/aromatic N) is 5. The largest absolute Gasteiger partial charge is 0.493 e. The van der Waals surface area contributed by atoms with Crippen molar-refractivity contribution in [1.82, 2.24) is 15.2 Å². The average Bonchev–Trinajstić information content (AvgIpc) is 3.82. The van der Waals surface area contributed by atoms with Crippen LogP contribution in [0, 0.1) is 35.8 Å². The second-order valence-corrected chi connectivity index (χ2v) is 13.0. The van der Waals surface area contributed by atoms with Crippen molar-refractivity contribution >= 4 is 23.0 Å². The Hall–Kier alpha value is -5.80. The smallest absolute Gasteiger partial charge is 0.255 e. The van der Waals surface area contributed by atoms with Crippen molar-refractivity contribution in [3.05, 3.63) is 131 Å². The van der Waals surface area contributed by atoms with Crippen molar-refractivity contribution < 1.29 is 23.0 Å².